The van der Waals surface area contributed by atoms with Crippen LogP contribution in [0.3, 0.4) is 0 Å². The van der Waals surface area contributed by atoms with E-state index in [-0.39, 0.29) is 11.5 Å². The quantitative estimate of drug-likeness (QED) is 0.562. The first-order valence-corrected chi connectivity index (χ1v) is 9.95. The molecule has 2 N–H and O–H groups in total. The summed E-state index contributed by atoms with van der Waals surface area (Å²) in [5, 5.41) is 3.23. The summed E-state index contributed by atoms with van der Waals surface area (Å²) >= 11 is 6.10. The van der Waals surface area contributed by atoms with E-state index in [2.05, 4.69) is 74.6 Å². The standard InChI is InChI=1S/C24H28ClNO/c1-17(16-24(3,4)22-15-10-18(2)27-22)26-23(19-8-6-5-7-9-19)20-11-13-21(25)14-12-20/h5-15,17,23,26H,16H2,1-4H3/p+1/t17-,23+/m0/s1. The van der Waals surface area contributed by atoms with Crippen LogP contribution < -0.4 is 5.32 Å². The summed E-state index contributed by atoms with van der Waals surface area (Å²) in [6, 6.07) is 23.7. The second kappa shape index (κ2) is 8.33. The molecule has 0 aliphatic carbocycles. The zero-order chi connectivity index (χ0) is 19.4. The van der Waals surface area contributed by atoms with Gasteiger partial charge in [0, 0.05) is 28.0 Å². The fourth-order valence-corrected chi connectivity index (χ4v) is 3.97. The molecule has 1 aromatic heterocycles. The largest absolute Gasteiger partial charge is 0.466 e. The van der Waals surface area contributed by atoms with Crippen molar-refractivity contribution in [1.29, 1.82) is 0 Å². The van der Waals surface area contributed by atoms with Gasteiger partial charge in [-0.3, -0.25) is 0 Å². The molecule has 0 fully saturated rings. The maximum absolute atomic E-state index is 6.10. The van der Waals surface area contributed by atoms with E-state index in [0.29, 0.717) is 6.04 Å². The van der Waals surface area contributed by atoms with Gasteiger partial charge in [0.1, 0.15) is 17.6 Å². The highest BCUT2D eigenvalue weighted by atomic mass is 35.5. The van der Waals surface area contributed by atoms with Crippen LogP contribution in [0.1, 0.15) is 55.9 Å². The summed E-state index contributed by atoms with van der Waals surface area (Å²) in [5.41, 5.74) is 2.56. The monoisotopic (exact) mass is 382 g/mol. The van der Waals surface area contributed by atoms with Crippen LogP contribution in [0.4, 0.5) is 0 Å². The Morgan fingerprint density at radius 1 is 0.926 bits per heavy atom. The van der Waals surface area contributed by atoms with Crippen LogP contribution >= 0.6 is 11.6 Å². The molecule has 1 heterocycles. The maximum atomic E-state index is 6.10. The maximum Gasteiger partial charge on any atom is 0.137 e. The van der Waals surface area contributed by atoms with E-state index in [4.69, 9.17) is 16.0 Å². The normalized spacial score (nSPS) is 14.1. The topological polar surface area (TPSA) is 29.8 Å². The Morgan fingerprint density at radius 2 is 1.56 bits per heavy atom. The number of quaternary nitrogens is 1. The third-order valence-corrected chi connectivity index (χ3v) is 5.40. The molecule has 3 rings (SSSR count). The van der Waals surface area contributed by atoms with Crippen molar-refractivity contribution in [2.75, 3.05) is 0 Å². The predicted octanol–water partition coefficient (Wildman–Crippen LogP) is 5.65. The van der Waals surface area contributed by atoms with Gasteiger partial charge in [-0.2, -0.15) is 0 Å². The van der Waals surface area contributed by atoms with Gasteiger partial charge in [0.15, 0.2) is 0 Å². The first-order chi connectivity index (χ1) is 12.8. The highest BCUT2D eigenvalue weighted by molar-refractivity contribution is 6.30. The smallest absolute Gasteiger partial charge is 0.137 e. The summed E-state index contributed by atoms with van der Waals surface area (Å²) in [4.78, 5) is 0. The zero-order valence-electron chi connectivity index (χ0n) is 16.6. The van der Waals surface area contributed by atoms with E-state index in [0.717, 1.165) is 23.0 Å². The average molecular weight is 383 g/mol. The van der Waals surface area contributed by atoms with Crippen molar-refractivity contribution < 1.29 is 9.73 Å². The fraction of sp³-hybridized carbons (Fsp3) is 0.333. The SMILES string of the molecule is Cc1ccc(C(C)(C)C[C@H](C)[NH2+][C@H](c2ccccc2)c2ccc(Cl)cc2)o1. The van der Waals surface area contributed by atoms with Crippen molar-refractivity contribution in [3.8, 4) is 0 Å². The number of hydrogen-bond acceptors (Lipinski definition) is 1. The van der Waals surface area contributed by atoms with E-state index < -0.39 is 0 Å². The minimum absolute atomic E-state index is 0.00852. The number of aryl methyl sites for hydroxylation is 1. The van der Waals surface area contributed by atoms with Crippen LogP contribution in [0.5, 0.6) is 0 Å². The van der Waals surface area contributed by atoms with Gasteiger partial charge in [-0.05, 0) is 38.1 Å². The lowest BCUT2D eigenvalue weighted by Crippen LogP contribution is -2.90. The van der Waals surface area contributed by atoms with Crippen molar-refractivity contribution in [2.45, 2.75) is 51.6 Å². The van der Waals surface area contributed by atoms with Crippen LogP contribution in [0.2, 0.25) is 5.02 Å². The summed E-state index contributed by atoms with van der Waals surface area (Å²) in [6.07, 6.45) is 1.02. The van der Waals surface area contributed by atoms with Gasteiger partial charge in [-0.15, -0.1) is 0 Å². The number of furan rings is 1. The van der Waals surface area contributed by atoms with Gasteiger partial charge in [-0.25, -0.2) is 0 Å². The zero-order valence-corrected chi connectivity index (χ0v) is 17.3. The Hall–Kier alpha value is -2.03. The highest BCUT2D eigenvalue weighted by Gasteiger charge is 2.30. The van der Waals surface area contributed by atoms with Gasteiger partial charge >= 0.3 is 0 Å². The van der Waals surface area contributed by atoms with Gasteiger partial charge in [0.25, 0.3) is 0 Å². The van der Waals surface area contributed by atoms with E-state index in [9.17, 15) is 0 Å². The summed E-state index contributed by atoms with van der Waals surface area (Å²) < 4.78 is 5.91. The Bertz CT molecular complexity index is 852. The second-order valence-corrected chi connectivity index (χ2v) is 8.54. The summed E-state index contributed by atoms with van der Waals surface area (Å²) in [7, 11) is 0. The van der Waals surface area contributed by atoms with Crippen molar-refractivity contribution in [3.63, 3.8) is 0 Å². The molecule has 0 unspecified atom stereocenters. The Morgan fingerprint density at radius 3 is 2.15 bits per heavy atom. The number of rotatable bonds is 7. The van der Waals surface area contributed by atoms with Crippen LogP contribution in [0.25, 0.3) is 0 Å². The van der Waals surface area contributed by atoms with Gasteiger partial charge in [0.05, 0.1) is 6.04 Å². The van der Waals surface area contributed by atoms with Crippen LogP contribution in [0, 0.1) is 6.92 Å². The molecule has 2 atom stereocenters. The van der Waals surface area contributed by atoms with E-state index >= 15 is 0 Å². The molecular weight excluding hydrogens is 354 g/mol. The van der Waals surface area contributed by atoms with Gasteiger partial charge in [0.2, 0.25) is 0 Å². The lowest BCUT2D eigenvalue weighted by Gasteiger charge is -2.28. The molecule has 0 saturated carbocycles. The molecule has 0 saturated heterocycles. The first kappa shape index (κ1) is 19.7. The number of hydrogen-bond donors (Lipinski definition) is 1. The van der Waals surface area contributed by atoms with Crippen LogP contribution in [0.15, 0.2) is 71.1 Å². The highest BCUT2D eigenvalue weighted by Crippen LogP contribution is 2.30. The molecule has 0 aliphatic rings. The molecule has 27 heavy (non-hydrogen) atoms. The molecule has 2 nitrogen and oxygen atoms in total. The molecule has 0 spiro atoms. The van der Waals surface area contributed by atoms with Gasteiger partial charge < -0.3 is 9.73 Å². The minimum atomic E-state index is -0.00852. The van der Waals surface area contributed by atoms with Crippen LogP contribution in [-0.2, 0) is 5.41 Å². The summed E-state index contributed by atoms with van der Waals surface area (Å²) in [5.74, 6) is 2.03. The molecule has 0 radical (unpaired) electrons. The molecule has 0 amide bonds. The average Bonchev–Trinajstić information content (AvgIpc) is 3.08. The van der Waals surface area contributed by atoms with E-state index in [1.807, 2.05) is 25.1 Å². The Balaban J connectivity index is 1.80. The third-order valence-electron chi connectivity index (χ3n) is 5.15. The second-order valence-electron chi connectivity index (χ2n) is 8.11. The van der Waals surface area contributed by atoms with Crippen LogP contribution in [-0.4, -0.2) is 6.04 Å². The van der Waals surface area contributed by atoms with Crippen molar-refractivity contribution in [1.82, 2.24) is 0 Å². The summed E-state index contributed by atoms with van der Waals surface area (Å²) in [6.45, 7) is 8.81. The molecule has 0 aliphatic heterocycles. The third kappa shape index (κ3) is 5.03. The molecular formula is C24H29ClNO+. The first-order valence-electron chi connectivity index (χ1n) is 9.57. The van der Waals surface area contributed by atoms with Crippen molar-refractivity contribution in [3.05, 3.63) is 94.4 Å². The molecule has 142 valence electrons. The van der Waals surface area contributed by atoms with Gasteiger partial charge in [-0.1, -0.05) is 67.9 Å². The van der Waals surface area contributed by atoms with E-state index in [1.54, 1.807) is 0 Å². The number of nitrogens with two attached hydrogens (primary N) is 1. The van der Waals surface area contributed by atoms with Crippen molar-refractivity contribution in [2.24, 2.45) is 0 Å². The van der Waals surface area contributed by atoms with Crippen molar-refractivity contribution >= 4 is 11.6 Å². The molecule has 3 heteroatoms. The molecule has 3 aromatic rings. The Kier molecular flexibility index (Phi) is 6.08. The molecule has 0 bridgehead atoms. The minimum Gasteiger partial charge on any atom is -0.466 e. The lowest BCUT2D eigenvalue weighted by molar-refractivity contribution is -0.718. The number of benzene rings is 2. The fourth-order valence-electron chi connectivity index (χ4n) is 3.85. The molecule has 2 aromatic carbocycles. The lowest BCUT2D eigenvalue weighted by atomic mass is 9.83. The Labute approximate surface area is 167 Å². The van der Waals surface area contributed by atoms with E-state index in [1.165, 1.54) is 11.1 Å². The predicted molar refractivity (Wildman–Crippen MR) is 112 cm³/mol. The number of halogens is 1.